The van der Waals surface area contributed by atoms with Crippen LogP contribution in [0.25, 0.3) is 0 Å². The molecule has 0 aromatic heterocycles. The van der Waals surface area contributed by atoms with Crippen molar-refractivity contribution in [2.45, 2.75) is 18.9 Å². The van der Waals surface area contributed by atoms with Crippen molar-refractivity contribution in [3.05, 3.63) is 6.42 Å². The van der Waals surface area contributed by atoms with E-state index >= 15 is 0 Å². The molecule has 1 unspecified atom stereocenters. The minimum Gasteiger partial charge on any atom is -0.381 e. The van der Waals surface area contributed by atoms with Gasteiger partial charge in [0.2, 0.25) is 0 Å². The molecule has 0 amide bonds. The minimum absolute atomic E-state index is 0.439. The van der Waals surface area contributed by atoms with E-state index in [1.807, 2.05) is 0 Å². The van der Waals surface area contributed by atoms with Crippen LogP contribution in [-0.4, -0.2) is 25.9 Å². The van der Waals surface area contributed by atoms with Gasteiger partial charge in [0.25, 0.3) is 0 Å². The van der Waals surface area contributed by atoms with Gasteiger partial charge in [-0.15, -0.1) is 0 Å². The molecular weight excluding hydrogens is 128 g/mol. The first-order chi connectivity index (χ1) is 4.95. The molecule has 2 heteroatoms. The van der Waals surface area contributed by atoms with Gasteiger partial charge in [-0.1, -0.05) is 0 Å². The quantitative estimate of drug-likeness (QED) is 0.571. The van der Waals surface area contributed by atoms with Crippen LogP contribution < -0.4 is 0 Å². The monoisotopic (exact) mass is 141 g/mol. The van der Waals surface area contributed by atoms with Crippen LogP contribution in [0.4, 0.5) is 0 Å². The molecule has 0 aromatic carbocycles. The summed E-state index contributed by atoms with van der Waals surface area (Å²) in [6.07, 6.45) is 5.19. The SMILES string of the molecule is [CH](C1COC1)C1CCCO1. The molecule has 2 aliphatic rings. The lowest BCUT2D eigenvalue weighted by Gasteiger charge is -2.27. The van der Waals surface area contributed by atoms with E-state index in [4.69, 9.17) is 9.47 Å². The summed E-state index contributed by atoms with van der Waals surface area (Å²) < 4.78 is 10.5. The van der Waals surface area contributed by atoms with E-state index in [0.717, 1.165) is 19.8 Å². The molecule has 1 atom stereocenters. The highest BCUT2D eigenvalue weighted by molar-refractivity contribution is 4.89. The third-order valence-electron chi connectivity index (χ3n) is 2.12. The lowest BCUT2D eigenvalue weighted by atomic mass is 9.99. The average Bonchev–Trinajstić information content (AvgIpc) is 2.29. The van der Waals surface area contributed by atoms with Crippen molar-refractivity contribution in [1.29, 1.82) is 0 Å². The van der Waals surface area contributed by atoms with E-state index in [0.29, 0.717) is 12.0 Å². The second kappa shape index (κ2) is 2.89. The van der Waals surface area contributed by atoms with Gasteiger partial charge >= 0.3 is 0 Å². The van der Waals surface area contributed by atoms with Gasteiger partial charge in [-0.05, 0) is 19.3 Å². The standard InChI is InChI=1S/C8H13O2/c1-2-8(10-3-1)4-7-5-9-6-7/h4,7-8H,1-3,5-6H2. The van der Waals surface area contributed by atoms with Crippen LogP contribution in [0, 0.1) is 12.3 Å². The van der Waals surface area contributed by atoms with Crippen LogP contribution >= 0.6 is 0 Å². The van der Waals surface area contributed by atoms with Crippen LogP contribution in [0.3, 0.4) is 0 Å². The number of rotatable bonds is 2. The Morgan fingerprint density at radius 1 is 1.30 bits per heavy atom. The first-order valence-electron chi connectivity index (χ1n) is 3.99. The summed E-state index contributed by atoms with van der Waals surface area (Å²) in [4.78, 5) is 0. The molecule has 0 bridgehead atoms. The fraction of sp³-hybridized carbons (Fsp3) is 0.875. The van der Waals surface area contributed by atoms with Gasteiger partial charge in [-0.2, -0.15) is 0 Å². The second-order valence-electron chi connectivity index (χ2n) is 3.04. The summed E-state index contributed by atoms with van der Waals surface area (Å²) in [5, 5.41) is 0. The lowest BCUT2D eigenvalue weighted by molar-refractivity contribution is -0.0279. The number of hydrogen-bond acceptors (Lipinski definition) is 2. The Hall–Kier alpha value is -0.0800. The zero-order chi connectivity index (χ0) is 6.81. The molecule has 0 saturated carbocycles. The first-order valence-corrected chi connectivity index (χ1v) is 3.99. The van der Waals surface area contributed by atoms with E-state index in [-0.39, 0.29) is 0 Å². The second-order valence-corrected chi connectivity index (χ2v) is 3.04. The first kappa shape index (κ1) is 6.62. The van der Waals surface area contributed by atoms with Crippen LogP contribution in [0.1, 0.15) is 12.8 Å². The molecular formula is C8H13O2. The van der Waals surface area contributed by atoms with Crippen molar-refractivity contribution >= 4 is 0 Å². The summed E-state index contributed by atoms with van der Waals surface area (Å²) in [7, 11) is 0. The Kier molecular flexibility index (Phi) is 1.91. The molecule has 0 spiro atoms. The molecule has 2 rings (SSSR count). The highest BCUT2D eigenvalue weighted by Gasteiger charge is 2.25. The molecule has 0 aliphatic carbocycles. The number of ether oxygens (including phenoxy) is 2. The fourth-order valence-electron chi connectivity index (χ4n) is 1.42. The minimum atomic E-state index is 0.439. The topological polar surface area (TPSA) is 18.5 Å². The molecule has 57 valence electrons. The number of hydrogen-bond donors (Lipinski definition) is 0. The Labute approximate surface area is 61.5 Å². The third-order valence-corrected chi connectivity index (χ3v) is 2.12. The maximum atomic E-state index is 5.45. The van der Waals surface area contributed by atoms with Crippen molar-refractivity contribution in [3.63, 3.8) is 0 Å². The molecule has 2 fully saturated rings. The lowest BCUT2D eigenvalue weighted by Crippen LogP contribution is -2.31. The van der Waals surface area contributed by atoms with Gasteiger partial charge in [0.1, 0.15) is 0 Å². The van der Waals surface area contributed by atoms with E-state index in [2.05, 4.69) is 6.42 Å². The molecule has 10 heavy (non-hydrogen) atoms. The van der Waals surface area contributed by atoms with Gasteiger partial charge in [-0.25, -0.2) is 0 Å². The van der Waals surface area contributed by atoms with Crippen LogP contribution in [0.15, 0.2) is 0 Å². The van der Waals surface area contributed by atoms with E-state index in [1.54, 1.807) is 0 Å². The maximum Gasteiger partial charge on any atom is 0.0612 e. The summed E-state index contributed by atoms with van der Waals surface area (Å²) in [5.41, 5.74) is 0. The molecule has 0 aromatic rings. The van der Waals surface area contributed by atoms with Crippen molar-refractivity contribution in [3.8, 4) is 0 Å². The predicted octanol–water partition coefficient (Wildman–Crippen LogP) is 1.02. The fourth-order valence-corrected chi connectivity index (χ4v) is 1.42. The zero-order valence-corrected chi connectivity index (χ0v) is 6.08. The van der Waals surface area contributed by atoms with Crippen LogP contribution in [0.2, 0.25) is 0 Å². The molecule has 2 heterocycles. The molecule has 2 nitrogen and oxygen atoms in total. The molecule has 0 N–H and O–H groups in total. The highest BCUT2D eigenvalue weighted by Crippen LogP contribution is 2.22. The van der Waals surface area contributed by atoms with Gasteiger partial charge in [0.05, 0.1) is 19.3 Å². The van der Waals surface area contributed by atoms with Crippen molar-refractivity contribution in [2.24, 2.45) is 5.92 Å². The van der Waals surface area contributed by atoms with Crippen LogP contribution in [-0.2, 0) is 9.47 Å². The van der Waals surface area contributed by atoms with E-state index < -0.39 is 0 Å². The van der Waals surface area contributed by atoms with Crippen LogP contribution in [0.5, 0.6) is 0 Å². The Balaban J connectivity index is 1.68. The molecule has 2 aliphatic heterocycles. The van der Waals surface area contributed by atoms with Gasteiger partial charge in [-0.3, -0.25) is 0 Å². The smallest absolute Gasteiger partial charge is 0.0612 e. The van der Waals surface area contributed by atoms with Gasteiger partial charge in [0.15, 0.2) is 0 Å². The average molecular weight is 141 g/mol. The van der Waals surface area contributed by atoms with E-state index in [1.165, 1.54) is 12.8 Å². The van der Waals surface area contributed by atoms with Gasteiger partial charge in [0, 0.05) is 12.5 Å². The molecule has 1 radical (unpaired) electrons. The van der Waals surface area contributed by atoms with Gasteiger partial charge < -0.3 is 9.47 Å². The molecule has 2 saturated heterocycles. The third kappa shape index (κ3) is 1.32. The summed E-state index contributed by atoms with van der Waals surface area (Å²) in [6, 6.07) is 0. The largest absolute Gasteiger partial charge is 0.381 e. The predicted molar refractivity (Wildman–Crippen MR) is 37.6 cm³/mol. The van der Waals surface area contributed by atoms with Crippen molar-refractivity contribution in [2.75, 3.05) is 19.8 Å². The zero-order valence-electron chi connectivity index (χ0n) is 6.08. The maximum absolute atomic E-state index is 5.45. The van der Waals surface area contributed by atoms with Crippen molar-refractivity contribution in [1.82, 2.24) is 0 Å². The summed E-state index contributed by atoms with van der Waals surface area (Å²) in [5.74, 6) is 0.683. The van der Waals surface area contributed by atoms with E-state index in [9.17, 15) is 0 Å². The summed E-state index contributed by atoms with van der Waals surface area (Å²) >= 11 is 0. The normalized spacial score (nSPS) is 34.2. The Bertz CT molecular complexity index is 104. The van der Waals surface area contributed by atoms with Crippen molar-refractivity contribution < 1.29 is 9.47 Å². The summed E-state index contributed by atoms with van der Waals surface area (Å²) in [6.45, 7) is 2.79. The Morgan fingerprint density at radius 3 is 2.70 bits per heavy atom. The Morgan fingerprint density at radius 2 is 2.20 bits per heavy atom. The highest BCUT2D eigenvalue weighted by atomic mass is 16.5.